The van der Waals surface area contributed by atoms with E-state index in [-0.39, 0.29) is 0 Å². The van der Waals surface area contributed by atoms with Crippen molar-refractivity contribution in [3.05, 3.63) is 293 Å². The summed E-state index contributed by atoms with van der Waals surface area (Å²) in [5.41, 5.74) is 24.6. The van der Waals surface area contributed by atoms with Crippen LogP contribution >= 0.6 is 0 Å². The van der Waals surface area contributed by atoms with Gasteiger partial charge in [-0.1, -0.05) is 200 Å². The molecule has 0 saturated carbocycles. The first-order valence-corrected chi connectivity index (χ1v) is 24.6. The lowest BCUT2D eigenvalue weighted by molar-refractivity contribution is 0.360. The van der Waals surface area contributed by atoms with Gasteiger partial charge in [-0.3, -0.25) is 0 Å². The summed E-state index contributed by atoms with van der Waals surface area (Å²) >= 11 is 0. The summed E-state index contributed by atoms with van der Waals surface area (Å²) in [6, 6.07) is 91.1. The molecule has 4 aliphatic carbocycles. The van der Waals surface area contributed by atoms with E-state index in [1.807, 2.05) is 0 Å². The van der Waals surface area contributed by atoms with Gasteiger partial charge < -0.3 is 14.4 Å². The lowest BCUT2D eigenvalue weighted by atomic mass is 9.70. The van der Waals surface area contributed by atoms with E-state index in [4.69, 9.17) is 9.47 Å². The van der Waals surface area contributed by atoms with Gasteiger partial charge in [-0.25, -0.2) is 0 Å². The van der Waals surface area contributed by atoms with Crippen LogP contribution < -0.4 is 14.4 Å². The van der Waals surface area contributed by atoms with Crippen molar-refractivity contribution < 1.29 is 9.47 Å². The Labute approximate surface area is 412 Å². The van der Waals surface area contributed by atoms with Crippen LogP contribution in [0, 0.1) is 0 Å². The third kappa shape index (κ3) is 4.97. The molecule has 1 aliphatic heterocycles. The zero-order chi connectivity index (χ0) is 46.4. The molecule has 11 aromatic rings. The van der Waals surface area contributed by atoms with Gasteiger partial charge in [0.2, 0.25) is 0 Å². The van der Waals surface area contributed by atoms with E-state index >= 15 is 0 Å². The minimum Gasteiger partial charge on any atom is -0.449 e. The maximum atomic E-state index is 7.31. The van der Waals surface area contributed by atoms with Crippen molar-refractivity contribution >= 4 is 17.1 Å². The Morgan fingerprint density at radius 1 is 0.254 bits per heavy atom. The van der Waals surface area contributed by atoms with Gasteiger partial charge in [-0.2, -0.15) is 0 Å². The Morgan fingerprint density at radius 3 is 1.23 bits per heavy atom. The summed E-state index contributed by atoms with van der Waals surface area (Å²) in [4.78, 5) is 2.38. The molecule has 1 heterocycles. The number of fused-ring (bicyclic) bond motifs is 23. The SMILES string of the molecule is c1ccc(-c2ccc(N(c3ccc4c(c3)Oc3c(ccc5c3-c3ccccc3C53c5ccccc5-c5ccccc53)O4)c3ccc4c(c3)C3(c5ccccc5-c5ccccc53)c3ccccc3-4)cc2)cc1. The van der Waals surface area contributed by atoms with Crippen LogP contribution in [0.15, 0.2) is 249 Å². The molecule has 16 rings (SSSR count). The van der Waals surface area contributed by atoms with Crippen LogP contribution in [0.5, 0.6) is 23.0 Å². The molecule has 0 saturated heterocycles. The molecular formula is C68H41NO2. The van der Waals surface area contributed by atoms with E-state index in [2.05, 4.69) is 254 Å². The largest absolute Gasteiger partial charge is 0.449 e. The summed E-state index contributed by atoms with van der Waals surface area (Å²) in [5, 5.41) is 0. The molecule has 330 valence electrons. The van der Waals surface area contributed by atoms with Crippen molar-refractivity contribution in [3.63, 3.8) is 0 Å². The molecular weight excluding hydrogens is 863 g/mol. The van der Waals surface area contributed by atoms with E-state index in [1.54, 1.807) is 0 Å². The van der Waals surface area contributed by atoms with Crippen LogP contribution in [-0.2, 0) is 10.8 Å². The van der Waals surface area contributed by atoms with Crippen LogP contribution in [0.4, 0.5) is 17.1 Å². The second kappa shape index (κ2) is 14.2. The van der Waals surface area contributed by atoms with Crippen molar-refractivity contribution in [1.29, 1.82) is 0 Å². The van der Waals surface area contributed by atoms with Crippen LogP contribution in [-0.4, -0.2) is 0 Å². The molecule has 0 amide bonds. The highest BCUT2D eigenvalue weighted by Crippen LogP contribution is 2.67. The zero-order valence-corrected chi connectivity index (χ0v) is 38.4. The minimum atomic E-state index is -0.493. The number of benzene rings is 11. The van der Waals surface area contributed by atoms with Crippen molar-refractivity contribution in [3.8, 4) is 78.6 Å². The molecule has 0 fully saturated rings. The highest BCUT2D eigenvalue weighted by Gasteiger charge is 2.54. The fourth-order valence-electron chi connectivity index (χ4n) is 13.4. The van der Waals surface area contributed by atoms with Crippen molar-refractivity contribution in [2.24, 2.45) is 0 Å². The van der Waals surface area contributed by atoms with E-state index in [0.717, 1.165) is 39.5 Å². The third-order valence-electron chi connectivity index (χ3n) is 16.2. The molecule has 71 heavy (non-hydrogen) atoms. The van der Waals surface area contributed by atoms with E-state index in [1.165, 1.54) is 83.5 Å². The molecule has 3 heteroatoms. The van der Waals surface area contributed by atoms with Gasteiger partial charge >= 0.3 is 0 Å². The maximum absolute atomic E-state index is 7.31. The smallest absolute Gasteiger partial charge is 0.178 e. The molecule has 0 unspecified atom stereocenters. The number of ether oxygens (including phenoxy) is 2. The average molecular weight is 904 g/mol. The topological polar surface area (TPSA) is 21.7 Å². The Bertz CT molecular complexity index is 3960. The monoisotopic (exact) mass is 903 g/mol. The van der Waals surface area contributed by atoms with E-state index in [9.17, 15) is 0 Å². The van der Waals surface area contributed by atoms with Gasteiger partial charge in [-0.05, 0) is 137 Å². The summed E-state index contributed by atoms with van der Waals surface area (Å²) in [7, 11) is 0. The van der Waals surface area contributed by atoms with Crippen molar-refractivity contribution in [2.75, 3.05) is 4.90 Å². The Morgan fingerprint density at radius 2 is 0.662 bits per heavy atom. The Balaban J connectivity index is 0.881. The number of nitrogens with zero attached hydrogens (tertiary/aromatic N) is 1. The number of hydrogen-bond acceptors (Lipinski definition) is 3. The predicted octanol–water partition coefficient (Wildman–Crippen LogP) is 17.4. The molecule has 2 spiro atoms. The van der Waals surface area contributed by atoms with Gasteiger partial charge in [0.25, 0.3) is 0 Å². The van der Waals surface area contributed by atoms with E-state index in [0.29, 0.717) is 17.2 Å². The average Bonchev–Trinajstić information content (AvgIpc) is 4.14. The normalized spacial score (nSPS) is 14.4. The van der Waals surface area contributed by atoms with Gasteiger partial charge in [0.05, 0.1) is 16.5 Å². The lowest BCUT2D eigenvalue weighted by Gasteiger charge is -2.32. The van der Waals surface area contributed by atoms with Crippen molar-refractivity contribution in [1.82, 2.24) is 0 Å². The molecule has 5 aliphatic rings. The van der Waals surface area contributed by atoms with Gasteiger partial charge in [0, 0.05) is 23.0 Å². The molecule has 3 nitrogen and oxygen atoms in total. The first kappa shape index (κ1) is 38.8. The van der Waals surface area contributed by atoms with Crippen LogP contribution in [0.2, 0.25) is 0 Å². The summed E-state index contributed by atoms with van der Waals surface area (Å²) in [5.74, 6) is 2.81. The second-order valence-electron chi connectivity index (χ2n) is 19.4. The molecule has 0 N–H and O–H groups in total. The maximum Gasteiger partial charge on any atom is 0.178 e. The Kier molecular flexibility index (Phi) is 7.75. The number of hydrogen-bond donors (Lipinski definition) is 0. The second-order valence-corrected chi connectivity index (χ2v) is 19.4. The first-order valence-electron chi connectivity index (χ1n) is 24.6. The summed E-state index contributed by atoms with van der Waals surface area (Å²) in [6.07, 6.45) is 0. The fraction of sp³-hybridized carbons (Fsp3) is 0.0294. The standard InChI is InChI=1S/C68H41NO2/c1-2-16-42(17-3-1)43-30-32-44(33-31-43)69(45-34-36-52-51-22-8-14-28-58(51)68(61(52)40-45)56-26-12-6-20-49(56)50-21-7-13-27-57(50)68)46-35-38-62-64(41-46)71-66-63(70-62)39-37-60-65(66)53-23-9-15-29-59(53)67(60)54-24-10-4-18-47(54)48-19-5-11-25-55(48)67/h1-41H. The van der Waals surface area contributed by atoms with Crippen LogP contribution in [0.25, 0.3) is 55.6 Å². The van der Waals surface area contributed by atoms with Crippen LogP contribution in [0.1, 0.15) is 44.5 Å². The molecule has 0 bridgehead atoms. The molecule has 0 radical (unpaired) electrons. The highest BCUT2D eigenvalue weighted by atomic mass is 16.6. The predicted molar refractivity (Wildman–Crippen MR) is 286 cm³/mol. The summed E-state index contributed by atoms with van der Waals surface area (Å²) in [6.45, 7) is 0. The van der Waals surface area contributed by atoms with Crippen LogP contribution in [0.3, 0.4) is 0 Å². The molecule has 0 aromatic heterocycles. The number of rotatable bonds is 4. The van der Waals surface area contributed by atoms with Crippen molar-refractivity contribution in [2.45, 2.75) is 10.8 Å². The summed E-state index contributed by atoms with van der Waals surface area (Å²) < 4.78 is 14.2. The molecule has 11 aromatic carbocycles. The fourth-order valence-corrected chi connectivity index (χ4v) is 13.4. The highest BCUT2D eigenvalue weighted by molar-refractivity contribution is 5.99. The van der Waals surface area contributed by atoms with Gasteiger partial charge in [-0.15, -0.1) is 0 Å². The quantitative estimate of drug-likeness (QED) is 0.176. The van der Waals surface area contributed by atoms with Gasteiger partial charge in [0.15, 0.2) is 23.0 Å². The zero-order valence-electron chi connectivity index (χ0n) is 38.4. The minimum absolute atomic E-state index is 0.483. The van der Waals surface area contributed by atoms with Gasteiger partial charge in [0.1, 0.15) is 0 Å². The lowest BCUT2D eigenvalue weighted by Crippen LogP contribution is -2.26. The third-order valence-corrected chi connectivity index (χ3v) is 16.2. The Hall–Kier alpha value is -9.18. The molecule has 0 atom stereocenters. The van der Waals surface area contributed by atoms with E-state index < -0.39 is 10.8 Å². The number of anilines is 3. The first-order chi connectivity index (χ1) is 35.2.